The Balaban J connectivity index is 1.98. The Labute approximate surface area is 129 Å². The zero-order valence-electron chi connectivity index (χ0n) is 10.2. The minimum Gasteiger partial charge on any atom is -0.341 e. The average molecular weight is 344 g/mol. The Bertz CT molecular complexity index is 908. The standard InChI is InChI=1S/C11H7Cl2N5O2S/c12-6-1-3-7(4-2-6)21(19,20)18-11-16-9(13)8-10(17-11)15-5-14-8/h1-5H,(H2,14,15,16,17,18). The van der Waals surface area contributed by atoms with Crippen LogP contribution in [0.2, 0.25) is 10.2 Å². The normalized spacial score (nSPS) is 11.7. The Kier molecular flexibility index (Phi) is 3.44. The number of imidazole rings is 1. The molecule has 0 atom stereocenters. The van der Waals surface area contributed by atoms with Gasteiger partial charge in [0, 0.05) is 5.02 Å². The van der Waals surface area contributed by atoms with E-state index in [9.17, 15) is 8.42 Å². The van der Waals surface area contributed by atoms with Crippen molar-refractivity contribution in [2.24, 2.45) is 0 Å². The predicted molar refractivity (Wildman–Crippen MR) is 79.0 cm³/mol. The molecule has 3 rings (SSSR count). The number of aromatic nitrogens is 4. The van der Waals surface area contributed by atoms with E-state index in [-0.39, 0.29) is 21.6 Å². The van der Waals surface area contributed by atoms with E-state index >= 15 is 0 Å². The molecule has 7 nitrogen and oxygen atoms in total. The Morgan fingerprint density at radius 2 is 1.81 bits per heavy atom. The summed E-state index contributed by atoms with van der Waals surface area (Å²) in [6.07, 6.45) is 1.39. The summed E-state index contributed by atoms with van der Waals surface area (Å²) in [4.78, 5) is 14.5. The van der Waals surface area contributed by atoms with Crippen molar-refractivity contribution in [2.75, 3.05) is 4.72 Å². The van der Waals surface area contributed by atoms with E-state index < -0.39 is 10.0 Å². The second kappa shape index (κ2) is 5.14. The second-order valence-corrected chi connectivity index (χ2v) is 6.48. The van der Waals surface area contributed by atoms with Gasteiger partial charge in [0.15, 0.2) is 10.8 Å². The number of hydrogen-bond acceptors (Lipinski definition) is 5. The number of nitrogens with zero attached hydrogens (tertiary/aromatic N) is 3. The number of rotatable bonds is 3. The third-order valence-corrected chi connectivity index (χ3v) is 4.46. The Morgan fingerprint density at radius 1 is 1.10 bits per heavy atom. The summed E-state index contributed by atoms with van der Waals surface area (Å²) in [6, 6.07) is 5.69. The molecular formula is C11H7Cl2N5O2S. The third kappa shape index (κ3) is 2.78. The van der Waals surface area contributed by atoms with Crippen molar-refractivity contribution >= 4 is 50.3 Å². The highest BCUT2D eigenvalue weighted by atomic mass is 35.5. The van der Waals surface area contributed by atoms with E-state index in [4.69, 9.17) is 23.2 Å². The molecule has 21 heavy (non-hydrogen) atoms. The van der Waals surface area contributed by atoms with Crippen molar-refractivity contribution in [3.05, 3.63) is 40.8 Å². The number of sulfonamides is 1. The van der Waals surface area contributed by atoms with Crippen molar-refractivity contribution < 1.29 is 8.42 Å². The molecule has 0 radical (unpaired) electrons. The van der Waals surface area contributed by atoms with Crippen LogP contribution in [-0.4, -0.2) is 28.4 Å². The van der Waals surface area contributed by atoms with Crippen molar-refractivity contribution in [3.8, 4) is 0 Å². The van der Waals surface area contributed by atoms with Crippen molar-refractivity contribution in [1.29, 1.82) is 0 Å². The Hall–Kier alpha value is -1.90. The van der Waals surface area contributed by atoms with Crippen LogP contribution in [0.1, 0.15) is 0 Å². The molecule has 1 aromatic carbocycles. The highest BCUT2D eigenvalue weighted by Crippen LogP contribution is 2.21. The van der Waals surface area contributed by atoms with Crippen molar-refractivity contribution in [1.82, 2.24) is 19.9 Å². The molecule has 3 aromatic rings. The summed E-state index contributed by atoms with van der Waals surface area (Å²) in [7, 11) is -3.83. The highest BCUT2D eigenvalue weighted by Gasteiger charge is 2.17. The van der Waals surface area contributed by atoms with Gasteiger partial charge in [0.1, 0.15) is 5.52 Å². The lowest BCUT2D eigenvalue weighted by molar-refractivity contribution is 0.601. The lowest BCUT2D eigenvalue weighted by atomic mass is 10.4. The van der Waals surface area contributed by atoms with Crippen LogP contribution in [0.5, 0.6) is 0 Å². The first-order valence-electron chi connectivity index (χ1n) is 5.61. The summed E-state index contributed by atoms with van der Waals surface area (Å²) in [5.41, 5.74) is 0.704. The molecule has 10 heteroatoms. The molecule has 0 fully saturated rings. The van der Waals surface area contributed by atoms with Crippen LogP contribution < -0.4 is 4.72 Å². The number of fused-ring (bicyclic) bond motifs is 1. The fraction of sp³-hybridized carbons (Fsp3) is 0. The topological polar surface area (TPSA) is 101 Å². The maximum Gasteiger partial charge on any atom is 0.264 e. The molecular weight excluding hydrogens is 337 g/mol. The smallest absolute Gasteiger partial charge is 0.264 e. The van der Waals surface area contributed by atoms with E-state index in [1.54, 1.807) is 0 Å². The Morgan fingerprint density at radius 3 is 2.52 bits per heavy atom. The van der Waals surface area contributed by atoms with Crippen LogP contribution >= 0.6 is 23.2 Å². The molecule has 108 valence electrons. The van der Waals surface area contributed by atoms with E-state index in [2.05, 4.69) is 24.7 Å². The molecule has 0 saturated carbocycles. The summed E-state index contributed by atoms with van der Waals surface area (Å²) in [5.74, 6) is -0.158. The molecule has 2 N–H and O–H groups in total. The molecule has 0 unspecified atom stereocenters. The lowest BCUT2D eigenvalue weighted by Crippen LogP contribution is -2.15. The largest absolute Gasteiger partial charge is 0.341 e. The third-order valence-electron chi connectivity index (χ3n) is 2.59. The SMILES string of the molecule is O=S(=O)(Nc1nc(Cl)c2[nH]cnc2n1)c1ccc(Cl)cc1. The molecule has 0 amide bonds. The predicted octanol–water partition coefficient (Wildman–Crippen LogP) is 2.46. The fourth-order valence-corrected chi connectivity index (χ4v) is 2.93. The van der Waals surface area contributed by atoms with Gasteiger partial charge in [-0.3, -0.25) is 0 Å². The number of halogens is 2. The molecule has 0 bridgehead atoms. The summed E-state index contributed by atoms with van der Waals surface area (Å²) in [5, 5.41) is 0.512. The summed E-state index contributed by atoms with van der Waals surface area (Å²) < 4.78 is 26.6. The van der Waals surface area contributed by atoms with Crippen molar-refractivity contribution in [2.45, 2.75) is 4.90 Å². The number of aromatic amines is 1. The van der Waals surface area contributed by atoms with Crippen LogP contribution in [0.25, 0.3) is 11.2 Å². The van der Waals surface area contributed by atoms with Crippen LogP contribution in [0.15, 0.2) is 35.5 Å². The number of nitrogens with one attached hydrogen (secondary N) is 2. The monoisotopic (exact) mass is 343 g/mol. The van der Waals surface area contributed by atoms with Crippen LogP contribution in [-0.2, 0) is 10.0 Å². The zero-order chi connectivity index (χ0) is 15.0. The minimum absolute atomic E-state index is 0.0359. The van der Waals surface area contributed by atoms with Gasteiger partial charge in [-0.25, -0.2) is 18.1 Å². The van der Waals surface area contributed by atoms with Gasteiger partial charge in [-0.1, -0.05) is 23.2 Å². The van der Waals surface area contributed by atoms with Crippen LogP contribution in [0, 0.1) is 0 Å². The summed E-state index contributed by atoms with van der Waals surface area (Å²) >= 11 is 11.7. The zero-order valence-corrected chi connectivity index (χ0v) is 12.5. The maximum atomic E-state index is 12.2. The lowest BCUT2D eigenvalue weighted by Gasteiger charge is -2.06. The van der Waals surface area contributed by atoms with Gasteiger partial charge in [0.05, 0.1) is 11.2 Å². The molecule has 0 aliphatic carbocycles. The van der Waals surface area contributed by atoms with Crippen LogP contribution in [0.4, 0.5) is 5.95 Å². The minimum atomic E-state index is -3.83. The van der Waals surface area contributed by atoms with E-state index in [1.165, 1.54) is 30.6 Å². The van der Waals surface area contributed by atoms with Crippen molar-refractivity contribution in [3.63, 3.8) is 0 Å². The van der Waals surface area contributed by atoms with Gasteiger partial charge in [0.2, 0.25) is 5.95 Å². The summed E-state index contributed by atoms with van der Waals surface area (Å²) in [6.45, 7) is 0. The molecule has 0 aliphatic heterocycles. The first-order valence-corrected chi connectivity index (χ1v) is 7.84. The first-order chi connectivity index (χ1) is 9.95. The van der Waals surface area contributed by atoms with E-state index in [0.717, 1.165) is 0 Å². The number of benzene rings is 1. The number of anilines is 1. The van der Waals surface area contributed by atoms with Gasteiger partial charge < -0.3 is 4.98 Å². The van der Waals surface area contributed by atoms with E-state index in [1.807, 2.05) is 0 Å². The second-order valence-electron chi connectivity index (χ2n) is 4.00. The maximum absolute atomic E-state index is 12.2. The molecule has 2 heterocycles. The van der Waals surface area contributed by atoms with Gasteiger partial charge in [-0.05, 0) is 24.3 Å². The molecule has 2 aromatic heterocycles. The number of hydrogen-bond donors (Lipinski definition) is 2. The van der Waals surface area contributed by atoms with Gasteiger partial charge in [-0.15, -0.1) is 0 Å². The molecule has 0 spiro atoms. The average Bonchev–Trinajstić information content (AvgIpc) is 2.87. The van der Waals surface area contributed by atoms with E-state index in [0.29, 0.717) is 10.5 Å². The van der Waals surface area contributed by atoms with Crippen LogP contribution in [0.3, 0.4) is 0 Å². The first kappa shape index (κ1) is 14.1. The van der Waals surface area contributed by atoms with Gasteiger partial charge >= 0.3 is 0 Å². The highest BCUT2D eigenvalue weighted by molar-refractivity contribution is 7.92. The van der Waals surface area contributed by atoms with Gasteiger partial charge in [0.25, 0.3) is 10.0 Å². The quantitative estimate of drug-likeness (QED) is 0.711. The number of H-pyrrole nitrogens is 1. The van der Waals surface area contributed by atoms with Gasteiger partial charge in [-0.2, -0.15) is 9.97 Å². The molecule has 0 aliphatic rings. The fourth-order valence-electron chi connectivity index (χ4n) is 1.64. The molecule has 0 saturated heterocycles.